The third-order valence-corrected chi connectivity index (χ3v) is 4.42. The van der Waals surface area contributed by atoms with E-state index in [0.29, 0.717) is 6.04 Å². The van der Waals surface area contributed by atoms with Crippen LogP contribution in [0.25, 0.3) is 0 Å². The fraction of sp³-hybridized carbons (Fsp3) is 0.250. The van der Waals surface area contributed by atoms with E-state index in [1.54, 1.807) is 23.9 Å². The predicted molar refractivity (Wildman–Crippen MR) is 85.1 cm³/mol. The second-order valence-electron chi connectivity index (χ2n) is 4.59. The fourth-order valence-electron chi connectivity index (χ4n) is 1.95. The molecule has 0 amide bonds. The van der Waals surface area contributed by atoms with E-state index in [2.05, 4.69) is 11.4 Å². The summed E-state index contributed by atoms with van der Waals surface area (Å²) in [7, 11) is 1.95. The third-order valence-electron chi connectivity index (χ3n) is 3.03. The van der Waals surface area contributed by atoms with Crippen molar-refractivity contribution in [1.82, 2.24) is 5.32 Å². The van der Waals surface area contributed by atoms with E-state index < -0.39 is 0 Å². The van der Waals surface area contributed by atoms with Crippen molar-refractivity contribution in [3.8, 4) is 0 Å². The molecule has 1 unspecified atom stereocenters. The van der Waals surface area contributed by atoms with E-state index in [-0.39, 0.29) is 5.82 Å². The SMILES string of the molecule is CNC(CSc1cccc(F)c1)Cc1cccc(Cl)c1. The maximum absolute atomic E-state index is 13.1. The number of likely N-dealkylation sites (N-methyl/N-ethyl adjacent to an activating group) is 1. The third kappa shape index (κ3) is 4.82. The lowest BCUT2D eigenvalue weighted by atomic mass is 10.1. The minimum Gasteiger partial charge on any atom is -0.316 e. The zero-order chi connectivity index (χ0) is 14.4. The van der Waals surface area contributed by atoms with Crippen molar-refractivity contribution >= 4 is 23.4 Å². The number of hydrogen-bond donors (Lipinski definition) is 1. The van der Waals surface area contributed by atoms with Crippen molar-refractivity contribution in [2.75, 3.05) is 12.8 Å². The first-order valence-electron chi connectivity index (χ1n) is 6.47. The van der Waals surface area contributed by atoms with E-state index in [0.717, 1.165) is 22.1 Å². The smallest absolute Gasteiger partial charge is 0.124 e. The Bertz CT molecular complexity index is 562. The molecule has 0 bridgehead atoms. The van der Waals surface area contributed by atoms with Gasteiger partial charge in [0.05, 0.1) is 0 Å². The molecule has 106 valence electrons. The molecule has 1 N–H and O–H groups in total. The number of hydrogen-bond acceptors (Lipinski definition) is 2. The lowest BCUT2D eigenvalue weighted by Crippen LogP contribution is -2.30. The molecule has 0 spiro atoms. The average molecular weight is 310 g/mol. The van der Waals surface area contributed by atoms with Crippen LogP contribution < -0.4 is 5.32 Å². The van der Waals surface area contributed by atoms with Gasteiger partial charge in [0, 0.05) is 21.7 Å². The first-order chi connectivity index (χ1) is 9.67. The van der Waals surface area contributed by atoms with Gasteiger partial charge in [-0.05, 0) is 49.4 Å². The van der Waals surface area contributed by atoms with Crippen LogP contribution in [0.1, 0.15) is 5.56 Å². The summed E-state index contributed by atoms with van der Waals surface area (Å²) in [5.74, 6) is 0.692. The summed E-state index contributed by atoms with van der Waals surface area (Å²) >= 11 is 7.65. The molecule has 0 radical (unpaired) electrons. The fourth-order valence-corrected chi connectivity index (χ4v) is 3.21. The van der Waals surface area contributed by atoms with Gasteiger partial charge in [0.15, 0.2) is 0 Å². The molecule has 0 aliphatic heterocycles. The molecule has 4 heteroatoms. The van der Waals surface area contributed by atoms with Gasteiger partial charge >= 0.3 is 0 Å². The molecular weight excluding hydrogens is 293 g/mol. The highest BCUT2D eigenvalue weighted by Crippen LogP contribution is 2.21. The Morgan fingerprint density at radius 2 is 2.00 bits per heavy atom. The Hall–Kier alpha value is -1.03. The zero-order valence-corrected chi connectivity index (χ0v) is 12.8. The summed E-state index contributed by atoms with van der Waals surface area (Å²) in [5, 5.41) is 4.06. The molecule has 2 rings (SSSR count). The molecule has 0 aromatic heterocycles. The molecule has 1 atom stereocenters. The second-order valence-corrected chi connectivity index (χ2v) is 6.12. The van der Waals surface area contributed by atoms with Crippen LogP contribution in [0.4, 0.5) is 4.39 Å². The molecule has 2 aromatic rings. The topological polar surface area (TPSA) is 12.0 Å². The van der Waals surface area contributed by atoms with Crippen LogP contribution in [0, 0.1) is 5.82 Å². The first-order valence-corrected chi connectivity index (χ1v) is 7.84. The van der Waals surface area contributed by atoms with Crippen LogP contribution in [0.15, 0.2) is 53.4 Å². The Morgan fingerprint density at radius 3 is 2.70 bits per heavy atom. The van der Waals surface area contributed by atoms with Gasteiger partial charge < -0.3 is 5.32 Å². The van der Waals surface area contributed by atoms with Gasteiger partial charge in [0.1, 0.15) is 5.82 Å². The van der Waals surface area contributed by atoms with Gasteiger partial charge in [-0.25, -0.2) is 4.39 Å². The van der Waals surface area contributed by atoms with Crippen molar-refractivity contribution in [2.45, 2.75) is 17.4 Å². The Kier molecular flexibility index (Phi) is 5.89. The molecule has 0 aliphatic rings. The van der Waals surface area contributed by atoms with Gasteiger partial charge in [-0.15, -0.1) is 11.8 Å². The minimum absolute atomic E-state index is 0.189. The molecule has 1 nitrogen and oxygen atoms in total. The van der Waals surface area contributed by atoms with Crippen molar-refractivity contribution < 1.29 is 4.39 Å². The Balaban J connectivity index is 1.92. The molecule has 0 saturated heterocycles. The second kappa shape index (κ2) is 7.67. The van der Waals surface area contributed by atoms with Crippen LogP contribution in [-0.2, 0) is 6.42 Å². The van der Waals surface area contributed by atoms with Crippen LogP contribution >= 0.6 is 23.4 Å². The first kappa shape index (κ1) is 15.4. The highest BCUT2D eigenvalue weighted by Gasteiger charge is 2.09. The number of thioether (sulfide) groups is 1. The molecule has 2 aromatic carbocycles. The van der Waals surface area contributed by atoms with Crippen molar-refractivity contribution in [1.29, 1.82) is 0 Å². The highest BCUT2D eigenvalue weighted by atomic mass is 35.5. The lowest BCUT2D eigenvalue weighted by Gasteiger charge is -2.16. The van der Waals surface area contributed by atoms with Crippen molar-refractivity contribution in [3.05, 3.63) is 64.9 Å². The molecule has 0 fully saturated rings. The standard InChI is InChI=1S/C16H17ClFNS/c1-19-15(9-12-4-2-5-13(17)8-12)11-20-16-7-3-6-14(18)10-16/h2-8,10,15,19H,9,11H2,1H3. The largest absolute Gasteiger partial charge is 0.316 e. The summed E-state index contributed by atoms with van der Waals surface area (Å²) in [5.41, 5.74) is 1.21. The van der Waals surface area contributed by atoms with Crippen molar-refractivity contribution in [2.24, 2.45) is 0 Å². The van der Waals surface area contributed by atoms with E-state index in [1.165, 1.54) is 11.6 Å². The molecule has 0 heterocycles. The normalized spacial score (nSPS) is 12.3. The molecule has 0 saturated carbocycles. The highest BCUT2D eigenvalue weighted by molar-refractivity contribution is 7.99. The molecule has 0 aliphatic carbocycles. The summed E-state index contributed by atoms with van der Waals surface area (Å²) in [4.78, 5) is 0.955. The van der Waals surface area contributed by atoms with E-state index in [9.17, 15) is 4.39 Å². The van der Waals surface area contributed by atoms with Gasteiger partial charge in [0.2, 0.25) is 0 Å². The number of nitrogens with one attached hydrogen (secondary N) is 1. The number of benzene rings is 2. The molecular formula is C16H17ClFNS. The van der Waals surface area contributed by atoms with Gasteiger partial charge in [-0.3, -0.25) is 0 Å². The average Bonchev–Trinajstić information content (AvgIpc) is 2.43. The van der Waals surface area contributed by atoms with Gasteiger partial charge in [0.25, 0.3) is 0 Å². The van der Waals surface area contributed by atoms with Gasteiger partial charge in [-0.2, -0.15) is 0 Å². The monoisotopic (exact) mass is 309 g/mol. The summed E-state index contributed by atoms with van der Waals surface area (Å²) in [6, 6.07) is 14.9. The lowest BCUT2D eigenvalue weighted by molar-refractivity contribution is 0.615. The Morgan fingerprint density at radius 1 is 1.20 bits per heavy atom. The predicted octanol–water partition coefficient (Wildman–Crippen LogP) is 4.40. The zero-order valence-electron chi connectivity index (χ0n) is 11.3. The van der Waals surface area contributed by atoms with Crippen LogP contribution in [0.2, 0.25) is 5.02 Å². The van der Waals surface area contributed by atoms with E-state index in [4.69, 9.17) is 11.6 Å². The maximum Gasteiger partial charge on any atom is 0.124 e. The van der Waals surface area contributed by atoms with Gasteiger partial charge in [-0.1, -0.05) is 29.8 Å². The number of halogens is 2. The van der Waals surface area contributed by atoms with Crippen LogP contribution in [0.3, 0.4) is 0 Å². The van der Waals surface area contributed by atoms with Crippen LogP contribution in [-0.4, -0.2) is 18.8 Å². The summed E-state index contributed by atoms with van der Waals surface area (Å²) < 4.78 is 13.1. The van der Waals surface area contributed by atoms with E-state index >= 15 is 0 Å². The maximum atomic E-state index is 13.1. The number of rotatable bonds is 6. The molecule has 20 heavy (non-hydrogen) atoms. The van der Waals surface area contributed by atoms with Crippen LogP contribution in [0.5, 0.6) is 0 Å². The Labute approximate surface area is 128 Å². The minimum atomic E-state index is -0.189. The quantitative estimate of drug-likeness (QED) is 0.794. The van der Waals surface area contributed by atoms with Crippen molar-refractivity contribution in [3.63, 3.8) is 0 Å². The summed E-state index contributed by atoms with van der Waals surface area (Å²) in [6.45, 7) is 0. The van der Waals surface area contributed by atoms with E-state index in [1.807, 2.05) is 31.3 Å². The summed E-state index contributed by atoms with van der Waals surface area (Å²) in [6.07, 6.45) is 0.902.